The van der Waals surface area contributed by atoms with Crippen molar-refractivity contribution in [2.45, 2.75) is 43.7 Å². The third kappa shape index (κ3) is 2.91. The summed E-state index contributed by atoms with van der Waals surface area (Å²) >= 11 is 0. The zero-order valence-electron chi connectivity index (χ0n) is 16.4. The van der Waals surface area contributed by atoms with Gasteiger partial charge in [-0.15, -0.1) is 0 Å². The predicted molar refractivity (Wildman–Crippen MR) is 112 cm³/mol. The number of hydrogen-bond donors (Lipinski definition) is 2. The SMILES string of the molecule is NCC1CC(n2cc(-c3cnc4c(N5CC(O)C5)cccc4n3)c(C3CC3)n2)C1. The van der Waals surface area contributed by atoms with Crippen LogP contribution in [0.5, 0.6) is 0 Å². The maximum Gasteiger partial charge on any atom is 0.112 e. The van der Waals surface area contributed by atoms with Gasteiger partial charge in [-0.1, -0.05) is 6.07 Å². The number of nitrogens with zero attached hydrogens (tertiary/aromatic N) is 5. The Bertz CT molecular complexity index is 1060. The fourth-order valence-electron chi connectivity index (χ4n) is 4.62. The minimum absolute atomic E-state index is 0.241. The van der Waals surface area contributed by atoms with Crippen LogP contribution in [-0.2, 0) is 0 Å². The third-order valence-electron chi connectivity index (χ3n) is 6.67. The molecule has 0 spiro atoms. The molecule has 2 aliphatic carbocycles. The van der Waals surface area contributed by atoms with Gasteiger partial charge >= 0.3 is 0 Å². The van der Waals surface area contributed by atoms with Gasteiger partial charge in [-0.3, -0.25) is 9.67 Å². The van der Waals surface area contributed by atoms with E-state index in [1.807, 2.05) is 18.3 Å². The molecule has 29 heavy (non-hydrogen) atoms. The highest BCUT2D eigenvalue weighted by atomic mass is 16.3. The quantitative estimate of drug-likeness (QED) is 0.695. The number of β-amino-alcohol motifs (C(OH)–C–C–N with tert-alkyl or cyclic N) is 1. The molecule has 150 valence electrons. The Kier molecular flexibility index (Phi) is 3.89. The lowest BCUT2D eigenvalue weighted by Gasteiger charge is -2.38. The first kappa shape index (κ1) is 17.4. The Labute approximate surface area is 169 Å². The molecule has 7 nitrogen and oxygen atoms in total. The van der Waals surface area contributed by atoms with E-state index in [2.05, 4.69) is 21.8 Å². The zero-order chi connectivity index (χ0) is 19.5. The van der Waals surface area contributed by atoms with Crippen molar-refractivity contribution in [2.24, 2.45) is 11.7 Å². The molecule has 0 unspecified atom stereocenters. The average molecular weight is 390 g/mol. The molecule has 3 heterocycles. The lowest BCUT2D eigenvalue weighted by molar-refractivity contribution is 0.142. The Balaban J connectivity index is 1.36. The van der Waals surface area contributed by atoms with E-state index in [4.69, 9.17) is 20.8 Å². The van der Waals surface area contributed by atoms with Gasteiger partial charge in [-0.2, -0.15) is 5.10 Å². The molecule has 0 radical (unpaired) electrons. The van der Waals surface area contributed by atoms with E-state index in [0.29, 0.717) is 31.0 Å². The molecule has 0 atom stereocenters. The van der Waals surface area contributed by atoms with Gasteiger partial charge in [-0.25, -0.2) is 4.98 Å². The van der Waals surface area contributed by atoms with E-state index < -0.39 is 0 Å². The van der Waals surface area contributed by atoms with Crippen molar-refractivity contribution < 1.29 is 5.11 Å². The van der Waals surface area contributed by atoms with Gasteiger partial charge < -0.3 is 15.7 Å². The average Bonchev–Trinajstić information content (AvgIpc) is 3.43. The van der Waals surface area contributed by atoms with E-state index >= 15 is 0 Å². The first-order valence-corrected chi connectivity index (χ1v) is 10.7. The van der Waals surface area contributed by atoms with E-state index in [1.165, 1.54) is 18.5 Å². The molecule has 2 aromatic heterocycles. The number of aliphatic hydroxyl groups excluding tert-OH is 1. The molecular formula is C22H26N6O. The highest BCUT2D eigenvalue weighted by Gasteiger charge is 2.35. The number of rotatable bonds is 5. The molecule has 1 aromatic carbocycles. The van der Waals surface area contributed by atoms with E-state index in [-0.39, 0.29) is 6.10 Å². The van der Waals surface area contributed by atoms with Gasteiger partial charge in [0, 0.05) is 30.8 Å². The number of nitrogens with two attached hydrogens (primary N) is 1. The number of aliphatic hydroxyl groups is 1. The molecule has 2 saturated carbocycles. The van der Waals surface area contributed by atoms with Crippen molar-refractivity contribution in [1.29, 1.82) is 0 Å². The number of para-hydroxylation sites is 1. The maximum atomic E-state index is 9.64. The van der Waals surface area contributed by atoms with Gasteiger partial charge in [0.05, 0.1) is 40.9 Å². The van der Waals surface area contributed by atoms with Crippen LogP contribution < -0.4 is 10.6 Å². The summed E-state index contributed by atoms with van der Waals surface area (Å²) < 4.78 is 2.15. The summed E-state index contributed by atoms with van der Waals surface area (Å²) in [4.78, 5) is 11.9. The van der Waals surface area contributed by atoms with Crippen LogP contribution in [0.3, 0.4) is 0 Å². The Morgan fingerprint density at radius 2 is 2.00 bits per heavy atom. The number of anilines is 1. The summed E-state index contributed by atoms with van der Waals surface area (Å²) in [7, 11) is 0. The molecule has 6 rings (SSSR count). The molecule has 3 N–H and O–H groups in total. The van der Waals surface area contributed by atoms with Gasteiger partial charge in [0.1, 0.15) is 5.52 Å². The number of aromatic nitrogens is 4. The third-order valence-corrected chi connectivity index (χ3v) is 6.67. The molecule has 7 heteroatoms. The Morgan fingerprint density at radius 3 is 2.72 bits per heavy atom. The van der Waals surface area contributed by atoms with Crippen LogP contribution in [0.15, 0.2) is 30.6 Å². The fourth-order valence-corrected chi connectivity index (χ4v) is 4.62. The van der Waals surface area contributed by atoms with Crippen molar-refractivity contribution in [3.05, 3.63) is 36.3 Å². The summed E-state index contributed by atoms with van der Waals surface area (Å²) in [5.41, 5.74) is 11.8. The highest BCUT2D eigenvalue weighted by molar-refractivity contribution is 5.89. The zero-order valence-corrected chi connectivity index (χ0v) is 16.4. The summed E-state index contributed by atoms with van der Waals surface area (Å²) in [6, 6.07) is 6.56. The van der Waals surface area contributed by atoms with Crippen molar-refractivity contribution in [3.63, 3.8) is 0 Å². The molecule has 0 bridgehead atoms. The molecule has 1 saturated heterocycles. The van der Waals surface area contributed by atoms with Gasteiger partial charge in [-0.05, 0) is 50.3 Å². The van der Waals surface area contributed by atoms with Crippen molar-refractivity contribution in [2.75, 3.05) is 24.5 Å². The van der Waals surface area contributed by atoms with Crippen LogP contribution in [0.1, 0.15) is 43.3 Å². The fraction of sp³-hybridized carbons (Fsp3) is 0.500. The summed E-state index contributed by atoms with van der Waals surface area (Å²) in [6.45, 7) is 2.09. The van der Waals surface area contributed by atoms with Crippen molar-refractivity contribution >= 4 is 16.7 Å². The molecule has 3 fully saturated rings. The predicted octanol–water partition coefficient (Wildman–Crippen LogP) is 2.46. The summed E-state index contributed by atoms with van der Waals surface area (Å²) in [5.74, 6) is 1.19. The van der Waals surface area contributed by atoms with Crippen LogP contribution in [-0.4, -0.2) is 50.6 Å². The number of benzene rings is 1. The number of hydrogen-bond acceptors (Lipinski definition) is 6. The molecular weight excluding hydrogens is 364 g/mol. The number of fused-ring (bicyclic) bond motifs is 1. The molecule has 3 aromatic rings. The largest absolute Gasteiger partial charge is 0.389 e. The second kappa shape index (κ2) is 6.50. The second-order valence-electron chi connectivity index (χ2n) is 8.87. The Morgan fingerprint density at radius 1 is 1.17 bits per heavy atom. The van der Waals surface area contributed by atoms with Crippen molar-refractivity contribution in [3.8, 4) is 11.3 Å². The Hall–Kier alpha value is -2.51. The lowest BCUT2D eigenvalue weighted by Crippen LogP contribution is -2.50. The smallest absolute Gasteiger partial charge is 0.112 e. The normalized spacial score (nSPS) is 24.6. The van der Waals surface area contributed by atoms with E-state index in [0.717, 1.165) is 47.4 Å². The van der Waals surface area contributed by atoms with Crippen LogP contribution in [0, 0.1) is 5.92 Å². The van der Waals surface area contributed by atoms with E-state index in [1.54, 1.807) is 0 Å². The first-order chi connectivity index (χ1) is 14.2. The van der Waals surface area contributed by atoms with Crippen LogP contribution >= 0.6 is 0 Å². The monoisotopic (exact) mass is 390 g/mol. The summed E-state index contributed by atoms with van der Waals surface area (Å²) in [5, 5.41) is 14.6. The standard InChI is InChI=1S/C22H26N6O/c23-8-13-6-15(7-13)28-12-17(21(26-28)14-4-5-14)19-9-24-22-18(25-19)2-1-3-20(22)27-10-16(29)11-27/h1-3,9,12-16,29H,4-8,10-11,23H2. The van der Waals surface area contributed by atoms with Gasteiger partial charge in [0.25, 0.3) is 0 Å². The van der Waals surface area contributed by atoms with Crippen LogP contribution in [0.4, 0.5) is 5.69 Å². The minimum Gasteiger partial charge on any atom is -0.389 e. The second-order valence-corrected chi connectivity index (χ2v) is 8.87. The van der Waals surface area contributed by atoms with Gasteiger partial charge in [0.15, 0.2) is 0 Å². The molecule has 1 aliphatic heterocycles. The van der Waals surface area contributed by atoms with Gasteiger partial charge in [0.2, 0.25) is 0 Å². The van der Waals surface area contributed by atoms with E-state index in [9.17, 15) is 5.11 Å². The summed E-state index contributed by atoms with van der Waals surface area (Å²) in [6.07, 6.45) is 8.49. The molecule has 3 aliphatic rings. The van der Waals surface area contributed by atoms with Crippen LogP contribution in [0.2, 0.25) is 0 Å². The topological polar surface area (TPSA) is 93.1 Å². The minimum atomic E-state index is -0.241. The maximum absolute atomic E-state index is 9.64. The molecule has 0 amide bonds. The first-order valence-electron chi connectivity index (χ1n) is 10.7. The highest BCUT2D eigenvalue weighted by Crippen LogP contribution is 2.45. The van der Waals surface area contributed by atoms with Crippen molar-refractivity contribution in [1.82, 2.24) is 19.7 Å². The lowest BCUT2D eigenvalue weighted by atomic mass is 9.80. The van der Waals surface area contributed by atoms with Crippen LogP contribution in [0.25, 0.3) is 22.3 Å².